The Bertz CT molecular complexity index is 1250. The van der Waals surface area contributed by atoms with E-state index in [-0.39, 0.29) is 23.5 Å². The van der Waals surface area contributed by atoms with Gasteiger partial charge in [-0.3, -0.25) is 0 Å². The molecule has 2 bridgehead atoms. The lowest BCUT2D eigenvalue weighted by molar-refractivity contribution is -0.190. The van der Waals surface area contributed by atoms with E-state index in [0.29, 0.717) is 22.6 Å². The molecular formula is C23H27ClF3N7O2. The van der Waals surface area contributed by atoms with Crippen LogP contribution in [0.5, 0.6) is 5.88 Å². The molecule has 1 saturated heterocycles. The van der Waals surface area contributed by atoms with Crippen molar-refractivity contribution in [3.05, 3.63) is 35.1 Å². The molecule has 2 fully saturated rings. The molecular weight excluding hydrogens is 499 g/mol. The molecule has 194 valence electrons. The smallest absolute Gasteiger partial charge is 0.425 e. The summed E-state index contributed by atoms with van der Waals surface area (Å²) in [4.78, 5) is 6.80. The largest absolute Gasteiger partial charge is 0.465 e. The van der Waals surface area contributed by atoms with Crippen LogP contribution in [0, 0.1) is 11.8 Å². The van der Waals surface area contributed by atoms with E-state index < -0.39 is 17.9 Å². The van der Waals surface area contributed by atoms with Gasteiger partial charge in [-0.05, 0) is 51.5 Å². The van der Waals surface area contributed by atoms with E-state index in [1.54, 1.807) is 26.1 Å². The Morgan fingerprint density at radius 1 is 1.19 bits per heavy atom. The Balaban J connectivity index is 1.42. The van der Waals surface area contributed by atoms with E-state index in [1.807, 2.05) is 0 Å². The van der Waals surface area contributed by atoms with Crippen molar-refractivity contribution in [1.29, 1.82) is 0 Å². The third kappa shape index (κ3) is 4.75. The lowest BCUT2D eigenvalue weighted by atomic mass is 9.92. The van der Waals surface area contributed by atoms with E-state index in [1.165, 1.54) is 16.6 Å². The Morgan fingerprint density at radius 3 is 2.50 bits per heavy atom. The molecule has 2 aliphatic rings. The number of fused-ring (bicyclic) bond motifs is 3. The monoisotopic (exact) mass is 525 g/mol. The number of aliphatic hydroxyl groups is 1. The molecule has 36 heavy (non-hydrogen) atoms. The van der Waals surface area contributed by atoms with Crippen molar-refractivity contribution in [3.8, 4) is 5.88 Å². The highest BCUT2D eigenvalue weighted by Gasteiger charge is 2.43. The summed E-state index contributed by atoms with van der Waals surface area (Å²) < 4.78 is 45.8. The van der Waals surface area contributed by atoms with Crippen LogP contribution in [0.2, 0.25) is 5.15 Å². The summed E-state index contributed by atoms with van der Waals surface area (Å²) in [5, 5.41) is 26.6. The Kier molecular flexibility index (Phi) is 6.14. The molecule has 9 nitrogen and oxygen atoms in total. The average Bonchev–Trinajstić information content (AvgIpc) is 3.29. The summed E-state index contributed by atoms with van der Waals surface area (Å²) in [6, 6.07) is 4.78. The van der Waals surface area contributed by atoms with Crippen molar-refractivity contribution in [1.82, 2.24) is 24.8 Å². The predicted molar refractivity (Wildman–Crippen MR) is 127 cm³/mol. The van der Waals surface area contributed by atoms with Gasteiger partial charge in [0.25, 0.3) is 0 Å². The molecule has 1 unspecified atom stereocenters. The van der Waals surface area contributed by atoms with Gasteiger partial charge in [-0.25, -0.2) is 0 Å². The van der Waals surface area contributed by atoms with Crippen molar-refractivity contribution in [2.45, 2.75) is 57.5 Å². The third-order valence-corrected chi connectivity index (χ3v) is 7.16. The molecule has 2 N–H and O–H groups in total. The second-order valence-electron chi connectivity index (χ2n) is 10.0. The van der Waals surface area contributed by atoms with Crippen LogP contribution in [0.3, 0.4) is 0 Å². The number of hydrogen-bond donors (Lipinski definition) is 2. The van der Waals surface area contributed by atoms with E-state index in [0.717, 1.165) is 38.5 Å². The van der Waals surface area contributed by atoms with Gasteiger partial charge in [0.1, 0.15) is 0 Å². The fraction of sp³-hybridized carbons (Fsp3) is 0.565. The Hall–Kier alpha value is -2.86. The number of ether oxygens (including phenoxy) is 1. The van der Waals surface area contributed by atoms with Gasteiger partial charge < -0.3 is 20.1 Å². The van der Waals surface area contributed by atoms with Gasteiger partial charge in [0.15, 0.2) is 16.9 Å². The SMILES string of the molecule is C[C@H](Oc1ccc(C(C)(C)O)c2nc(NC3[C@@H]4CC[C@H]3CN(c3cnnc(Cl)c3)C4)nn12)C(F)(F)F. The first-order valence-electron chi connectivity index (χ1n) is 11.8. The first-order chi connectivity index (χ1) is 16.9. The number of nitrogens with zero attached hydrogens (tertiary/aromatic N) is 6. The van der Waals surface area contributed by atoms with Crippen LogP contribution in [-0.2, 0) is 5.60 Å². The van der Waals surface area contributed by atoms with Crippen LogP contribution in [0.1, 0.15) is 39.2 Å². The standard InChI is InChI=1S/C23H27ClF3N7O2/c1-12(23(25,26)27)36-18-7-6-16(22(2,3)35)20-30-21(32-34(18)20)29-19-13-4-5-14(19)11-33(10-13)15-8-17(24)31-28-9-15/h6-9,12-14,19,35H,4-5,10-11H2,1-3H3,(H,29,32)/t12-,13-,14+,19?/m0/s1. The minimum atomic E-state index is -4.54. The highest BCUT2D eigenvalue weighted by atomic mass is 35.5. The van der Waals surface area contributed by atoms with Crippen LogP contribution in [0.4, 0.5) is 24.8 Å². The zero-order valence-electron chi connectivity index (χ0n) is 20.0. The number of anilines is 2. The minimum Gasteiger partial charge on any atom is -0.465 e. The van der Waals surface area contributed by atoms with E-state index in [9.17, 15) is 18.3 Å². The first-order valence-corrected chi connectivity index (χ1v) is 12.1. The molecule has 3 aromatic heterocycles. The van der Waals surface area contributed by atoms with Crippen molar-refractivity contribution in [2.24, 2.45) is 11.8 Å². The van der Waals surface area contributed by atoms with Crippen LogP contribution < -0.4 is 15.0 Å². The third-order valence-electron chi connectivity index (χ3n) is 6.97. The van der Waals surface area contributed by atoms with Gasteiger partial charge in [-0.1, -0.05) is 11.6 Å². The predicted octanol–water partition coefficient (Wildman–Crippen LogP) is 4.06. The van der Waals surface area contributed by atoms with Gasteiger partial charge in [0.2, 0.25) is 11.8 Å². The quantitative estimate of drug-likeness (QED) is 0.497. The Morgan fingerprint density at radius 2 is 1.89 bits per heavy atom. The molecule has 3 aromatic rings. The number of aromatic nitrogens is 5. The van der Waals surface area contributed by atoms with Gasteiger partial charge in [0.05, 0.1) is 17.5 Å². The fourth-order valence-corrected chi connectivity index (χ4v) is 5.29. The van der Waals surface area contributed by atoms with Crippen LogP contribution in [0.25, 0.3) is 5.65 Å². The Labute approximate surface area is 210 Å². The molecule has 0 radical (unpaired) electrons. The molecule has 4 heterocycles. The molecule has 0 spiro atoms. The topological polar surface area (TPSA) is 101 Å². The summed E-state index contributed by atoms with van der Waals surface area (Å²) in [5.41, 5.74) is 0.296. The van der Waals surface area contributed by atoms with Crippen molar-refractivity contribution < 1.29 is 23.0 Å². The maximum atomic E-state index is 13.1. The van der Waals surface area contributed by atoms with Gasteiger partial charge >= 0.3 is 6.18 Å². The lowest BCUT2D eigenvalue weighted by Gasteiger charge is -2.39. The second-order valence-corrected chi connectivity index (χ2v) is 10.4. The highest BCUT2D eigenvalue weighted by Crippen LogP contribution is 2.40. The molecule has 1 saturated carbocycles. The van der Waals surface area contributed by atoms with E-state index in [2.05, 4.69) is 30.5 Å². The van der Waals surface area contributed by atoms with Gasteiger partial charge in [-0.2, -0.15) is 27.8 Å². The number of pyridine rings is 1. The van der Waals surface area contributed by atoms with Crippen LogP contribution in [0.15, 0.2) is 24.4 Å². The number of alkyl halides is 3. The summed E-state index contributed by atoms with van der Waals surface area (Å²) in [7, 11) is 0. The van der Waals surface area contributed by atoms with Crippen molar-refractivity contribution >= 4 is 28.9 Å². The molecule has 1 aliphatic carbocycles. The maximum absolute atomic E-state index is 13.1. The van der Waals surface area contributed by atoms with Crippen LogP contribution >= 0.6 is 11.6 Å². The number of rotatable bonds is 6. The molecule has 0 aromatic carbocycles. The first kappa shape index (κ1) is 24.8. The van der Waals surface area contributed by atoms with E-state index in [4.69, 9.17) is 16.3 Å². The number of nitrogens with one attached hydrogen (secondary N) is 1. The fourth-order valence-electron chi connectivity index (χ4n) is 5.14. The summed E-state index contributed by atoms with van der Waals surface area (Å²) >= 11 is 6.02. The molecule has 5 rings (SSSR count). The number of hydrogen-bond acceptors (Lipinski definition) is 8. The van der Waals surface area contributed by atoms with Crippen molar-refractivity contribution in [3.63, 3.8) is 0 Å². The average molecular weight is 526 g/mol. The normalized spacial score (nSPS) is 23.2. The molecule has 4 atom stereocenters. The summed E-state index contributed by atoms with van der Waals surface area (Å²) in [5.74, 6) is 0.775. The van der Waals surface area contributed by atoms with Gasteiger partial charge in [0, 0.05) is 36.8 Å². The maximum Gasteiger partial charge on any atom is 0.425 e. The van der Waals surface area contributed by atoms with Crippen molar-refractivity contribution in [2.75, 3.05) is 23.3 Å². The lowest BCUT2D eigenvalue weighted by Crippen LogP contribution is -2.48. The minimum absolute atomic E-state index is 0.0907. The highest BCUT2D eigenvalue weighted by molar-refractivity contribution is 6.29. The second kappa shape index (κ2) is 8.91. The number of halogens is 4. The molecule has 1 aliphatic heterocycles. The zero-order chi connectivity index (χ0) is 25.8. The summed E-state index contributed by atoms with van der Waals surface area (Å²) in [6.45, 7) is 5.67. The van der Waals surface area contributed by atoms with Crippen LogP contribution in [-0.4, -0.2) is 61.3 Å². The molecule has 13 heteroatoms. The zero-order valence-corrected chi connectivity index (χ0v) is 20.8. The van der Waals surface area contributed by atoms with Gasteiger partial charge in [-0.15, -0.1) is 10.2 Å². The summed E-state index contributed by atoms with van der Waals surface area (Å²) in [6.07, 6.45) is -2.84. The molecule has 0 amide bonds. The van der Waals surface area contributed by atoms with E-state index >= 15 is 0 Å². The number of piperidine rings is 1.